The maximum absolute atomic E-state index is 11.4. The highest BCUT2D eigenvalue weighted by molar-refractivity contribution is 7.80. The molecule has 112 valence electrons. The molecule has 0 fully saturated rings. The topological polar surface area (TPSA) is 51.2 Å². The van der Waals surface area contributed by atoms with E-state index in [1.165, 1.54) is 0 Å². The molecule has 4 nitrogen and oxygen atoms in total. The van der Waals surface area contributed by atoms with Gasteiger partial charge in [-0.1, -0.05) is 6.92 Å². The van der Waals surface area contributed by atoms with Gasteiger partial charge in [0, 0.05) is 18.2 Å². The molecule has 1 aromatic heterocycles. The second-order valence-corrected chi connectivity index (χ2v) is 5.11. The van der Waals surface area contributed by atoms with Gasteiger partial charge in [0.15, 0.2) is 5.78 Å². The molecule has 20 heavy (non-hydrogen) atoms. The number of aromatic nitrogens is 1. The van der Waals surface area contributed by atoms with Crippen LogP contribution in [0.1, 0.15) is 43.6 Å². The zero-order valence-electron chi connectivity index (χ0n) is 12.3. The monoisotopic (exact) mass is 296 g/mol. The van der Waals surface area contributed by atoms with E-state index in [-0.39, 0.29) is 5.78 Å². The number of ketones is 1. The minimum Gasteiger partial charge on any atom is -0.492 e. The molecule has 1 unspecified atom stereocenters. The van der Waals surface area contributed by atoms with Crippen molar-refractivity contribution in [3.8, 4) is 5.75 Å². The molecule has 1 atom stereocenters. The maximum atomic E-state index is 11.4. The number of ether oxygens (including phenoxy) is 1. The molecule has 0 saturated heterocycles. The van der Waals surface area contributed by atoms with Crippen molar-refractivity contribution >= 4 is 18.4 Å². The number of unbranched alkanes of at least 4 members (excludes halogenated alkanes) is 1. The molecule has 1 rings (SSSR count). The summed E-state index contributed by atoms with van der Waals surface area (Å²) >= 11 is 4.22. The molecule has 0 bridgehead atoms. The Morgan fingerprint density at radius 1 is 1.45 bits per heavy atom. The van der Waals surface area contributed by atoms with Gasteiger partial charge in [-0.3, -0.25) is 4.79 Å². The van der Waals surface area contributed by atoms with E-state index in [4.69, 9.17) is 4.74 Å². The number of Topliss-reactive ketones (excluding diaryl/α,β-unsaturated/α-hetero) is 1. The normalized spacial score (nSPS) is 12.2. The van der Waals surface area contributed by atoms with E-state index < -0.39 is 0 Å². The Morgan fingerprint density at radius 3 is 2.85 bits per heavy atom. The zero-order chi connectivity index (χ0) is 14.8. The third-order valence-corrected chi connectivity index (χ3v) is 3.50. The molecule has 0 aromatic carbocycles. The van der Waals surface area contributed by atoms with Gasteiger partial charge in [-0.25, -0.2) is 4.98 Å². The van der Waals surface area contributed by atoms with Crippen molar-refractivity contribution in [2.24, 2.45) is 0 Å². The molecule has 0 saturated carbocycles. The minimum atomic E-state index is 0.0564. The van der Waals surface area contributed by atoms with Crippen molar-refractivity contribution in [2.75, 3.05) is 18.9 Å². The Hall–Kier alpha value is -1.07. The summed E-state index contributed by atoms with van der Waals surface area (Å²) in [7, 11) is 0. The van der Waals surface area contributed by atoms with Gasteiger partial charge in [0.1, 0.15) is 11.4 Å². The molecule has 1 heterocycles. The van der Waals surface area contributed by atoms with Gasteiger partial charge >= 0.3 is 0 Å². The van der Waals surface area contributed by atoms with Crippen LogP contribution in [0.2, 0.25) is 0 Å². The SMILES string of the molecule is CCC(=O)c1ccc(OCCCCNC(C)CS)cn1. The highest BCUT2D eigenvalue weighted by Crippen LogP contribution is 2.10. The van der Waals surface area contributed by atoms with Crippen LogP contribution in [-0.4, -0.2) is 35.7 Å². The van der Waals surface area contributed by atoms with Crippen LogP contribution in [0.5, 0.6) is 5.75 Å². The molecule has 1 N–H and O–H groups in total. The molecule has 5 heteroatoms. The lowest BCUT2D eigenvalue weighted by atomic mass is 10.2. The summed E-state index contributed by atoms with van der Waals surface area (Å²) in [6.45, 7) is 5.60. The highest BCUT2D eigenvalue weighted by atomic mass is 32.1. The first-order valence-corrected chi connectivity index (χ1v) is 7.77. The molecule has 0 spiro atoms. The van der Waals surface area contributed by atoms with Gasteiger partial charge in [0.2, 0.25) is 0 Å². The lowest BCUT2D eigenvalue weighted by molar-refractivity contribution is 0.0983. The predicted octanol–water partition coefficient (Wildman–Crippen LogP) is 2.74. The largest absolute Gasteiger partial charge is 0.492 e. The fraction of sp³-hybridized carbons (Fsp3) is 0.600. The number of thiol groups is 1. The number of rotatable bonds is 10. The summed E-state index contributed by atoms with van der Waals surface area (Å²) in [4.78, 5) is 15.5. The second kappa shape index (κ2) is 9.77. The van der Waals surface area contributed by atoms with E-state index >= 15 is 0 Å². The average Bonchev–Trinajstić information content (AvgIpc) is 2.50. The second-order valence-electron chi connectivity index (χ2n) is 4.75. The Kier molecular flexibility index (Phi) is 8.30. The summed E-state index contributed by atoms with van der Waals surface area (Å²) in [6, 6.07) is 3.97. The lowest BCUT2D eigenvalue weighted by Gasteiger charge is -2.10. The fourth-order valence-electron chi connectivity index (χ4n) is 1.64. The van der Waals surface area contributed by atoms with Gasteiger partial charge in [0.05, 0.1) is 12.8 Å². The predicted molar refractivity (Wildman–Crippen MR) is 84.9 cm³/mol. The van der Waals surface area contributed by atoms with Crippen molar-refractivity contribution in [1.29, 1.82) is 0 Å². The van der Waals surface area contributed by atoms with Crippen LogP contribution >= 0.6 is 12.6 Å². The maximum Gasteiger partial charge on any atom is 0.180 e. The van der Waals surface area contributed by atoms with Crippen LogP contribution < -0.4 is 10.1 Å². The van der Waals surface area contributed by atoms with Gasteiger partial charge in [-0.2, -0.15) is 12.6 Å². The first-order chi connectivity index (χ1) is 9.67. The van der Waals surface area contributed by atoms with Crippen LogP contribution in [0.15, 0.2) is 18.3 Å². The quantitative estimate of drug-likeness (QED) is 0.396. The molecule has 0 aliphatic carbocycles. The van der Waals surface area contributed by atoms with Crippen molar-refractivity contribution in [1.82, 2.24) is 10.3 Å². The summed E-state index contributed by atoms with van der Waals surface area (Å²) in [5.74, 6) is 1.63. The fourth-order valence-corrected chi connectivity index (χ4v) is 1.77. The van der Waals surface area contributed by atoms with E-state index in [2.05, 4.69) is 29.9 Å². The Bertz CT molecular complexity index is 395. The molecule has 0 amide bonds. The Balaban J connectivity index is 2.17. The number of carbonyl (C=O) groups is 1. The molecule has 0 aliphatic rings. The number of nitrogens with zero attached hydrogens (tertiary/aromatic N) is 1. The van der Waals surface area contributed by atoms with E-state index in [0.29, 0.717) is 30.5 Å². The zero-order valence-corrected chi connectivity index (χ0v) is 13.2. The Morgan fingerprint density at radius 2 is 2.25 bits per heavy atom. The summed E-state index contributed by atoms with van der Waals surface area (Å²) in [5, 5.41) is 3.38. The van der Waals surface area contributed by atoms with E-state index in [9.17, 15) is 4.79 Å². The van der Waals surface area contributed by atoms with Crippen LogP contribution in [0.25, 0.3) is 0 Å². The number of hydrogen-bond donors (Lipinski definition) is 2. The van der Waals surface area contributed by atoms with Crippen molar-refractivity contribution in [3.63, 3.8) is 0 Å². The van der Waals surface area contributed by atoms with Gasteiger partial charge in [-0.05, 0) is 38.4 Å². The number of nitrogens with one attached hydrogen (secondary N) is 1. The molecule has 0 radical (unpaired) electrons. The summed E-state index contributed by atoms with van der Waals surface area (Å²) in [5.41, 5.74) is 0.504. The van der Waals surface area contributed by atoms with Crippen LogP contribution in [0.3, 0.4) is 0 Å². The molecular weight excluding hydrogens is 272 g/mol. The van der Waals surface area contributed by atoms with E-state index in [1.807, 2.05) is 6.92 Å². The third kappa shape index (κ3) is 6.39. The molecular formula is C15H24N2O2S. The van der Waals surface area contributed by atoms with Crippen LogP contribution in [0, 0.1) is 0 Å². The van der Waals surface area contributed by atoms with Crippen molar-refractivity contribution < 1.29 is 9.53 Å². The van der Waals surface area contributed by atoms with Gasteiger partial charge < -0.3 is 10.1 Å². The first-order valence-electron chi connectivity index (χ1n) is 7.13. The van der Waals surface area contributed by atoms with Crippen molar-refractivity contribution in [3.05, 3.63) is 24.0 Å². The third-order valence-electron chi connectivity index (χ3n) is 2.95. The molecule has 1 aromatic rings. The summed E-state index contributed by atoms with van der Waals surface area (Å²) in [6.07, 6.45) is 4.15. The highest BCUT2D eigenvalue weighted by Gasteiger charge is 2.04. The van der Waals surface area contributed by atoms with Crippen LogP contribution in [0.4, 0.5) is 0 Å². The van der Waals surface area contributed by atoms with Crippen molar-refractivity contribution in [2.45, 2.75) is 39.2 Å². The smallest absolute Gasteiger partial charge is 0.180 e. The number of carbonyl (C=O) groups excluding carboxylic acids is 1. The number of hydrogen-bond acceptors (Lipinski definition) is 5. The van der Waals surface area contributed by atoms with Gasteiger partial charge in [-0.15, -0.1) is 0 Å². The average molecular weight is 296 g/mol. The van der Waals surface area contributed by atoms with E-state index in [1.54, 1.807) is 18.3 Å². The molecule has 0 aliphatic heterocycles. The lowest BCUT2D eigenvalue weighted by Crippen LogP contribution is -2.28. The van der Waals surface area contributed by atoms with Gasteiger partial charge in [0.25, 0.3) is 0 Å². The van der Waals surface area contributed by atoms with E-state index in [0.717, 1.165) is 25.1 Å². The number of pyridine rings is 1. The standard InChI is InChI=1S/C15H24N2O2S/c1-3-15(18)14-7-6-13(10-17-14)19-9-5-4-8-16-12(2)11-20/h6-7,10,12,16,20H,3-5,8-9,11H2,1-2H3. The first kappa shape index (κ1) is 17.0. The minimum absolute atomic E-state index is 0.0564. The van der Waals surface area contributed by atoms with Crippen LogP contribution in [-0.2, 0) is 0 Å². The summed E-state index contributed by atoms with van der Waals surface area (Å²) < 4.78 is 5.59. The Labute approximate surface area is 126 Å².